The first-order valence-electron chi connectivity index (χ1n) is 6.85. The van der Waals surface area contributed by atoms with Crippen LogP contribution < -0.4 is 10.6 Å². The van der Waals surface area contributed by atoms with E-state index in [1.165, 1.54) is 12.3 Å². The first kappa shape index (κ1) is 15.8. The van der Waals surface area contributed by atoms with E-state index in [1.807, 2.05) is 0 Å². The molecule has 0 bridgehead atoms. The topological polar surface area (TPSA) is 71.3 Å². The summed E-state index contributed by atoms with van der Waals surface area (Å²) < 4.78 is 18.4. The second-order valence-corrected chi connectivity index (χ2v) is 4.91. The summed E-state index contributed by atoms with van der Waals surface area (Å²) >= 11 is 0. The molecule has 0 fully saturated rings. The van der Waals surface area contributed by atoms with Crippen LogP contribution in [0.3, 0.4) is 0 Å². The highest BCUT2D eigenvalue weighted by Gasteiger charge is 2.12. The molecule has 1 aromatic heterocycles. The van der Waals surface area contributed by atoms with Gasteiger partial charge in [-0.1, -0.05) is 6.07 Å². The van der Waals surface area contributed by atoms with Crippen LogP contribution in [0.25, 0.3) is 0 Å². The fourth-order valence-electron chi connectivity index (χ4n) is 1.87. The zero-order valence-corrected chi connectivity index (χ0v) is 12.4. The van der Waals surface area contributed by atoms with Crippen molar-refractivity contribution in [3.8, 4) is 0 Å². The molecule has 0 radical (unpaired) electrons. The maximum atomic E-state index is 13.4. The number of rotatable bonds is 5. The average molecular weight is 304 g/mol. The van der Waals surface area contributed by atoms with Crippen molar-refractivity contribution >= 4 is 11.8 Å². The van der Waals surface area contributed by atoms with Crippen LogP contribution in [0.1, 0.15) is 32.0 Å². The summed E-state index contributed by atoms with van der Waals surface area (Å²) in [5, 5.41) is 5.24. The van der Waals surface area contributed by atoms with Crippen molar-refractivity contribution in [1.82, 2.24) is 10.6 Å². The Morgan fingerprint density at radius 3 is 2.32 bits per heavy atom. The third-order valence-corrected chi connectivity index (χ3v) is 3.20. The number of amides is 2. The van der Waals surface area contributed by atoms with E-state index >= 15 is 0 Å². The Morgan fingerprint density at radius 2 is 1.73 bits per heavy atom. The number of hydrogen-bond acceptors (Lipinski definition) is 3. The zero-order valence-electron chi connectivity index (χ0n) is 12.4. The Bertz CT molecular complexity index is 694. The van der Waals surface area contributed by atoms with Crippen molar-refractivity contribution in [2.75, 3.05) is 13.1 Å². The van der Waals surface area contributed by atoms with Crippen LogP contribution in [-0.2, 0) is 0 Å². The first-order chi connectivity index (χ1) is 10.5. The summed E-state index contributed by atoms with van der Waals surface area (Å²) in [6.45, 7) is 3.88. The summed E-state index contributed by atoms with van der Waals surface area (Å²) in [5.41, 5.74) is 1.48. The average Bonchev–Trinajstić information content (AvgIpc) is 2.92. The normalized spacial score (nSPS) is 10.3. The van der Waals surface area contributed by atoms with Gasteiger partial charge in [0.15, 0.2) is 5.76 Å². The van der Waals surface area contributed by atoms with Gasteiger partial charge in [0.05, 0.1) is 6.26 Å². The van der Waals surface area contributed by atoms with Gasteiger partial charge in [-0.15, -0.1) is 0 Å². The quantitative estimate of drug-likeness (QED) is 0.832. The fraction of sp³-hybridized carbons (Fsp3) is 0.250. The maximum Gasteiger partial charge on any atom is 0.287 e. The third-order valence-electron chi connectivity index (χ3n) is 3.20. The largest absolute Gasteiger partial charge is 0.459 e. The third kappa shape index (κ3) is 3.72. The van der Waals surface area contributed by atoms with Crippen molar-refractivity contribution in [1.29, 1.82) is 0 Å². The summed E-state index contributed by atoms with van der Waals surface area (Å²) in [7, 11) is 0. The summed E-state index contributed by atoms with van der Waals surface area (Å²) in [6, 6.07) is 5.99. The van der Waals surface area contributed by atoms with Crippen molar-refractivity contribution in [2.24, 2.45) is 0 Å². The minimum Gasteiger partial charge on any atom is -0.459 e. The molecule has 0 saturated carbocycles. The van der Waals surface area contributed by atoms with Crippen LogP contribution in [0, 0.1) is 19.7 Å². The monoisotopic (exact) mass is 304 g/mol. The Labute approximate surface area is 127 Å². The summed E-state index contributed by atoms with van der Waals surface area (Å²) in [4.78, 5) is 23.6. The van der Waals surface area contributed by atoms with Crippen LogP contribution in [0.5, 0.6) is 0 Å². The van der Waals surface area contributed by atoms with E-state index in [1.54, 1.807) is 32.0 Å². The highest BCUT2D eigenvalue weighted by Crippen LogP contribution is 2.09. The molecule has 0 aliphatic carbocycles. The SMILES string of the molecule is Cc1ccc(C(=O)NCCNC(=O)c2occc2C)cc1F. The lowest BCUT2D eigenvalue weighted by Gasteiger charge is -2.07. The predicted molar refractivity (Wildman–Crippen MR) is 79.2 cm³/mol. The Hall–Kier alpha value is -2.63. The molecule has 2 N–H and O–H groups in total. The Kier molecular flexibility index (Phi) is 4.93. The lowest BCUT2D eigenvalue weighted by atomic mass is 10.1. The number of aryl methyl sites for hydroxylation is 2. The molecule has 1 heterocycles. The van der Waals surface area contributed by atoms with E-state index in [2.05, 4.69) is 10.6 Å². The van der Waals surface area contributed by atoms with E-state index in [0.717, 1.165) is 5.56 Å². The molecular formula is C16H17FN2O3. The second kappa shape index (κ2) is 6.89. The van der Waals surface area contributed by atoms with Gasteiger partial charge in [-0.2, -0.15) is 0 Å². The molecule has 0 aliphatic heterocycles. The van der Waals surface area contributed by atoms with Gasteiger partial charge in [-0.05, 0) is 37.6 Å². The van der Waals surface area contributed by atoms with Gasteiger partial charge in [0, 0.05) is 24.2 Å². The number of furan rings is 1. The van der Waals surface area contributed by atoms with Gasteiger partial charge in [0.25, 0.3) is 11.8 Å². The van der Waals surface area contributed by atoms with Crippen LogP contribution in [0.2, 0.25) is 0 Å². The number of hydrogen-bond donors (Lipinski definition) is 2. The standard InChI is InChI=1S/C16H17FN2O3/c1-10-3-4-12(9-13(10)17)15(20)18-6-7-19-16(21)14-11(2)5-8-22-14/h3-5,8-9H,6-7H2,1-2H3,(H,18,20)(H,19,21). The van der Waals surface area contributed by atoms with E-state index in [-0.39, 0.29) is 36.2 Å². The molecule has 0 aliphatic rings. The van der Waals surface area contributed by atoms with Crippen LogP contribution >= 0.6 is 0 Å². The maximum absolute atomic E-state index is 13.4. The van der Waals surface area contributed by atoms with Gasteiger partial charge in [0.1, 0.15) is 5.82 Å². The lowest BCUT2D eigenvalue weighted by molar-refractivity contribution is 0.0910. The van der Waals surface area contributed by atoms with Crippen LogP contribution in [0.4, 0.5) is 4.39 Å². The zero-order chi connectivity index (χ0) is 16.1. The molecule has 6 heteroatoms. The van der Waals surface area contributed by atoms with Gasteiger partial charge in [-0.25, -0.2) is 4.39 Å². The summed E-state index contributed by atoms with van der Waals surface area (Å²) in [6.07, 6.45) is 1.44. The van der Waals surface area contributed by atoms with Gasteiger partial charge in [0.2, 0.25) is 0 Å². The van der Waals surface area contributed by atoms with Crippen LogP contribution in [-0.4, -0.2) is 24.9 Å². The summed E-state index contributed by atoms with van der Waals surface area (Å²) in [5.74, 6) is -0.887. The highest BCUT2D eigenvalue weighted by atomic mass is 19.1. The van der Waals surface area contributed by atoms with E-state index in [0.29, 0.717) is 5.56 Å². The molecule has 0 unspecified atom stereocenters. The van der Waals surface area contributed by atoms with E-state index < -0.39 is 5.82 Å². The smallest absolute Gasteiger partial charge is 0.287 e. The number of nitrogens with one attached hydrogen (secondary N) is 2. The molecule has 0 atom stereocenters. The van der Waals surface area contributed by atoms with Crippen LogP contribution in [0.15, 0.2) is 34.9 Å². The highest BCUT2D eigenvalue weighted by molar-refractivity contribution is 5.94. The molecule has 0 saturated heterocycles. The molecular weight excluding hydrogens is 287 g/mol. The van der Waals surface area contributed by atoms with E-state index in [4.69, 9.17) is 4.42 Å². The van der Waals surface area contributed by atoms with Crippen molar-refractivity contribution < 1.29 is 18.4 Å². The van der Waals surface area contributed by atoms with Gasteiger partial charge in [-0.3, -0.25) is 9.59 Å². The molecule has 5 nitrogen and oxygen atoms in total. The molecule has 2 amide bonds. The number of carbonyl (C=O) groups excluding carboxylic acids is 2. The molecule has 0 spiro atoms. The first-order valence-corrected chi connectivity index (χ1v) is 6.85. The molecule has 2 rings (SSSR count). The lowest BCUT2D eigenvalue weighted by Crippen LogP contribution is -2.34. The second-order valence-electron chi connectivity index (χ2n) is 4.91. The number of benzene rings is 1. The van der Waals surface area contributed by atoms with Gasteiger partial charge < -0.3 is 15.1 Å². The van der Waals surface area contributed by atoms with Gasteiger partial charge >= 0.3 is 0 Å². The van der Waals surface area contributed by atoms with Crippen molar-refractivity contribution in [3.63, 3.8) is 0 Å². The Morgan fingerprint density at radius 1 is 1.05 bits per heavy atom. The number of halogens is 1. The molecule has 2 aromatic rings. The van der Waals surface area contributed by atoms with E-state index in [9.17, 15) is 14.0 Å². The van der Waals surface area contributed by atoms with Crippen molar-refractivity contribution in [2.45, 2.75) is 13.8 Å². The molecule has 116 valence electrons. The molecule has 22 heavy (non-hydrogen) atoms. The van der Waals surface area contributed by atoms with Crippen molar-refractivity contribution in [3.05, 3.63) is 58.8 Å². The minimum absolute atomic E-state index is 0.236. The number of carbonyl (C=O) groups is 2. The molecule has 1 aromatic carbocycles. The predicted octanol–water partition coefficient (Wildman–Crippen LogP) is 2.20. The fourth-order valence-corrected chi connectivity index (χ4v) is 1.87. The Balaban J connectivity index is 1.79. The minimum atomic E-state index is -0.422.